The second kappa shape index (κ2) is 5.48. The number of methoxy groups -OCH3 is 1. The van der Waals surface area contributed by atoms with E-state index in [2.05, 4.69) is 0 Å². The van der Waals surface area contributed by atoms with Crippen molar-refractivity contribution >= 4 is 11.5 Å². The van der Waals surface area contributed by atoms with E-state index in [1.165, 1.54) is 13.0 Å². The maximum atomic E-state index is 14.0. The summed E-state index contributed by atoms with van der Waals surface area (Å²) in [5.74, 6) is -0.432. The molecule has 1 aromatic rings. The van der Waals surface area contributed by atoms with Gasteiger partial charge < -0.3 is 9.64 Å². The molecule has 0 N–H and O–H groups in total. The lowest BCUT2D eigenvalue weighted by Crippen LogP contribution is -2.31. The second-order valence-corrected chi connectivity index (χ2v) is 4.61. The predicted molar refractivity (Wildman–Crippen MR) is 68.6 cm³/mol. The highest BCUT2D eigenvalue weighted by Gasteiger charge is 2.32. The van der Waals surface area contributed by atoms with Crippen LogP contribution in [0, 0.1) is 5.82 Å². The number of halogens is 1. The molecule has 0 aromatic heterocycles. The fourth-order valence-electron chi connectivity index (χ4n) is 2.14. The Morgan fingerprint density at radius 1 is 1.50 bits per heavy atom. The van der Waals surface area contributed by atoms with Crippen LogP contribution < -0.4 is 4.90 Å². The number of carbonyl (C=O) groups is 1. The average molecular weight is 251 g/mol. The van der Waals surface area contributed by atoms with E-state index < -0.39 is 0 Å². The van der Waals surface area contributed by atoms with Gasteiger partial charge in [0.2, 0.25) is 0 Å². The van der Waals surface area contributed by atoms with Gasteiger partial charge in [0.25, 0.3) is 0 Å². The van der Waals surface area contributed by atoms with Crippen LogP contribution in [0.25, 0.3) is 0 Å². The largest absolute Gasteiger partial charge is 0.383 e. The zero-order valence-electron chi connectivity index (χ0n) is 10.8. The summed E-state index contributed by atoms with van der Waals surface area (Å²) in [7, 11) is 1.62. The molecule has 0 amide bonds. The third-order valence-electron chi connectivity index (χ3n) is 3.18. The zero-order chi connectivity index (χ0) is 13.1. The van der Waals surface area contributed by atoms with Crippen LogP contribution in [0.2, 0.25) is 0 Å². The molecule has 1 aliphatic carbocycles. The molecule has 2 rings (SSSR count). The monoisotopic (exact) mass is 251 g/mol. The first kappa shape index (κ1) is 13.0. The van der Waals surface area contributed by atoms with Crippen molar-refractivity contribution in [1.29, 1.82) is 0 Å². The number of nitrogens with zero attached hydrogens (tertiary/aromatic N) is 1. The topological polar surface area (TPSA) is 29.5 Å². The van der Waals surface area contributed by atoms with E-state index in [1.807, 2.05) is 4.90 Å². The average Bonchev–Trinajstić information content (AvgIpc) is 3.15. The fraction of sp³-hybridized carbons (Fsp3) is 0.500. The zero-order valence-corrected chi connectivity index (χ0v) is 10.8. The van der Waals surface area contributed by atoms with E-state index in [4.69, 9.17) is 4.74 Å². The molecule has 0 atom stereocenters. The Bertz CT molecular complexity index is 443. The third kappa shape index (κ3) is 2.70. The van der Waals surface area contributed by atoms with Gasteiger partial charge in [0.1, 0.15) is 5.82 Å². The van der Waals surface area contributed by atoms with E-state index >= 15 is 0 Å². The first-order valence-electron chi connectivity index (χ1n) is 6.20. The van der Waals surface area contributed by atoms with E-state index in [0.29, 0.717) is 30.4 Å². The van der Waals surface area contributed by atoms with Crippen LogP contribution in [0.4, 0.5) is 10.1 Å². The second-order valence-electron chi connectivity index (χ2n) is 4.61. The number of Topliss-reactive ketones (excluding diaryl/α,β-unsaturated/α-hetero) is 1. The van der Waals surface area contributed by atoms with Gasteiger partial charge >= 0.3 is 0 Å². The van der Waals surface area contributed by atoms with Gasteiger partial charge in [-0.1, -0.05) is 6.07 Å². The first-order valence-corrected chi connectivity index (χ1v) is 6.20. The van der Waals surface area contributed by atoms with Gasteiger partial charge in [-0.25, -0.2) is 4.39 Å². The maximum Gasteiger partial charge on any atom is 0.161 e. The third-order valence-corrected chi connectivity index (χ3v) is 3.18. The molecule has 18 heavy (non-hydrogen) atoms. The molecule has 1 saturated carbocycles. The van der Waals surface area contributed by atoms with E-state index in [1.54, 1.807) is 19.2 Å². The highest BCUT2D eigenvalue weighted by atomic mass is 19.1. The summed E-state index contributed by atoms with van der Waals surface area (Å²) in [5.41, 5.74) is 0.891. The Morgan fingerprint density at radius 2 is 2.22 bits per heavy atom. The van der Waals surface area contributed by atoms with E-state index in [-0.39, 0.29) is 11.6 Å². The minimum atomic E-state index is -0.328. The lowest BCUT2D eigenvalue weighted by atomic mass is 10.1. The van der Waals surface area contributed by atoms with Crippen LogP contribution in [-0.4, -0.2) is 32.1 Å². The molecule has 3 nitrogen and oxygen atoms in total. The van der Waals surface area contributed by atoms with E-state index in [0.717, 1.165) is 12.8 Å². The summed E-state index contributed by atoms with van der Waals surface area (Å²) in [6.07, 6.45) is 2.10. The van der Waals surface area contributed by atoms with Gasteiger partial charge in [-0.2, -0.15) is 0 Å². The Hall–Kier alpha value is -1.42. The van der Waals surface area contributed by atoms with Gasteiger partial charge in [-0.15, -0.1) is 0 Å². The lowest BCUT2D eigenvalue weighted by molar-refractivity contribution is 0.101. The molecule has 0 radical (unpaired) electrons. The van der Waals surface area contributed by atoms with Crippen LogP contribution in [-0.2, 0) is 4.74 Å². The number of rotatable bonds is 6. The van der Waals surface area contributed by atoms with Crippen molar-refractivity contribution in [3.63, 3.8) is 0 Å². The van der Waals surface area contributed by atoms with Gasteiger partial charge in [-0.3, -0.25) is 4.79 Å². The normalized spacial score (nSPS) is 14.6. The van der Waals surface area contributed by atoms with Crippen molar-refractivity contribution < 1.29 is 13.9 Å². The SMILES string of the molecule is COCCN(c1c(F)cccc1C(C)=O)C1CC1. The van der Waals surface area contributed by atoms with Gasteiger partial charge in [-0.05, 0) is 31.9 Å². The smallest absolute Gasteiger partial charge is 0.161 e. The van der Waals surface area contributed by atoms with Crippen molar-refractivity contribution in [2.24, 2.45) is 0 Å². The number of anilines is 1. The first-order chi connectivity index (χ1) is 8.65. The molecule has 0 unspecified atom stereocenters. The number of ketones is 1. The van der Waals surface area contributed by atoms with Gasteiger partial charge in [0, 0.05) is 25.3 Å². The Balaban J connectivity index is 2.36. The van der Waals surface area contributed by atoms with Gasteiger partial charge in [0.15, 0.2) is 5.78 Å². The number of benzene rings is 1. The molecule has 0 spiro atoms. The van der Waals surface area contributed by atoms with Crippen molar-refractivity contribution in [3.05, 3.63) is 29.6 Å². The van der Waals surface area contributed by atoms with Crippen molar-refractivity contribution in [1.82, 2.24) is 0 Å². The fourth-order valence-corrected chi connectivity index (χ4v) is 2.14. The molecule has 4 heteroatoms. The lowest BCUT2D eigenvalue weighted by Gasteiger charge is -2.26. The Kier molecular flexibility index (Phi) is 3.97. The molecule has 1 fully saturated rings. The molecule has 1 aliphatic rings. The summed E-state index contributed by atoms with van der Waals surface area (Å²) in [6.45, 7) is 2.62. The highest BCUT2D eigenvalue weighted by Crippen LogP contribution is 2.35. The number of ether oxygens (including phenoxy) is 1. The van der Waals surface area contributed by atoms with Gasteiger partial charge in [0.05, 0.1) is 12.3 Å². The molecule has 0 aliphatic heterocycles. The summed E-state index contributed by atoms with van der Waals surface area (Å²) in [6, 6.07) is 5.01. The summed E-state index contributed by atoms with van der Waals surface area (Å²) >= 11 is 0. The number of hydrogen-bond acceptors (Lipinski definition) is 3. The van der Waals surface area contributed by atoms with Crippen LogP contribution >= 0.6 is 0 Å². The minimum absolute atomic E-state index is 0.104. The Labute approximate surface area is 107 Å². The standard InChI is InChI=1S/C14H18FNO2/c1-10(17)12-4-3-5-13(15)14(12)16(8-9-18-2)11-6-7-11/h3-5,11H,6-9H2,1-2H3. The number of para-hydroxylation sites is 1. The molecular formula is C14H18FNO2. The molecule has 0 heterocycles. The Morgan fingerprint density at radius 3 is 2.78 bits per heavy atom. The summed E-state index contributed by atoms with van der Waals surface area (Å²) in [5, 5.41) is 0. The number of carbonyl (C=O) groups excluding carboxylic acids is 1. The minimum Gasteiger partial charge on any atom is -0.383 e. The molecule has 0 saturated heterocycles. The maximum absolute atomic E-state index is 14.0. The van der Waals surface area contributed by atoms with Crippen molar-refractivity contribution in [2.45, 2.75) is 25.8 Å². The van der Waals surface area contributed by atoms with Crippen LogP contribution in [0.3, 0.4) is 0 Å². The number of hydrogen-bond donors (Lipinski definition) is 0. The summed E-state index contributed by atoms with van der Waals surface area (Å²) in [4.78, 5) is 13.6. The van der Waals surface area contributed by atoms with Crippen molar-refractivity contribution in [2.75, 3.05) is 25.2 Å². The van der Waals surface area contributed by atoms with Crippen LogP contribution in [0.1, 0.15) is 30.1 Å². The van der Waals surface area contributed by atoms with E-state index in [9.17, 15) is 9.18 Å². The highest BCUT2D eigenvalue weighted by molar-refractivity contribution is 6.00. The molecule has 0 bridgehead atoms. The van der Waals surface area contributed by atoms with Crippen molar-refractivity contribution in [3.8, 4) is 0 Å². The predicted octanol–water partition coefficient (Wildman–Crippen LogP) is 2.64. The summed E-state index contributed by atoms with van der Waals surface area (Å²) < 4.78 is 19.1. The quantitative estimate of drug-likeness (QED) is 0.728. The van der Waals surface area contributed by atoms with Crippen LogP contribution in [0.15, 0.2) is 18.2 Å². The molecule has 1 aromatic carbocycles. The molecule has 98 valence electrons. The molecular weight excluding hydrogens is 233 g/mol. The van der Waals surface area contributed by atoms with Crippen LogP contribution in [0.5, 0.6) is 0 Å².